The van der Waals surface area contributed by atoms with Gasteiger partial charge in [-0.3, -0.25) is 14.6 Å². The smallest absolute Gasteiger partial charge is 0.270 e. The Morgan fingerprint density at radius 1 is 1.17 bits per heavy atom. The molecule has 0 aliphatic carbocycles. The Labute approximate surface area is 140 Å². The van der Waals surface area contributed by atoms with Gasteiger partial charge in [-0.1, -0.05) is 19.1 Å². The molecular weight excluding hydrogens is 309 g/mol. The summed E-state index contributed by atoms with van der Waals surface area (Å²) in [5, 5.41) is 5.54. The van der Waals surface area contributed by atoms with Gasteiger partial charge < -0.3 is 10.6 Å². The highest BCUT2D eigenvalue weighted by atomic mass is 19.1. The molecule has 0 saturated carbocycles. The topological polar surface area (TPSA) is 71.1 Å². The Morgan fingerprint density at radius 2 is 1.88 bits per heavy atom. The summed E-state index contributed by atoms with van der Waals surface area (Å²) in [5.74, 6) is -0.955. The standard InChI is InChI=1S/C18H20FN3O2/c1-3-12(2)22-17(23)14-8-9-20-16(10-14)18(24)21-11-13-4-6-15(19)7-5-13/h4-10,12H,3,11H2,1-2H3,(H,21,24)(H,22,23). The van der Waals surface area contributed by atoms with Crippen molar-refractivity contribution in [3.8, 4) is 0 Å². The first-order valence-electron chi connectivity index (χ1n) is 7.79. The molecule has 24 heavy (non-hydrogen) atoms. The number of pyridine rings is 1. The van der Waals surface area contributed by atoms with Crippen LogP contribution in [0.4, 0.5) is 4.39 Å². The number of carbonyl (C=O) groups is 2. The molecule has 0 spiro atoms. The van der Waals surface area contributed by atoms with Crippen molar-refractivity contribution < 1.29 is 14.0 Å². The van der Waals surface area contributed by atoms with E-state index in [4.69, 9.17) is 0 Å². The third-order valence-corrected chi connectivity index (χ3v) is 3.61. The Morgan fingerprint density at radius 3 is 2.54 bits per heavy atom. The number of hydrogen-bond donors (Lipinski definition) is 2. The van der Waals surface area contributed by atoms with Crippen LogP contribution in [0.2, 0.25) is 0 Å². The average Bonchev–Trinajstić information content (AvgIpc) is 2.60. The largest absolute Gasteiger partial charge is 0.350 e. The summed E-state index contributed by atoms with van der Waals surface area (Å²) in [6.45, 7) is 4.14. The lowest BCUT2D eigenvalue weighted by atomic mass is 10.1. The molecule has 0 saturated heterocycles. The van der Waals surface area contributed by atoms with Gasteiger partial charge in [0, 0.05) is 24.3 Å². The van der Waals surface area contributed by atoms with Gasteiger partial charge in [0.25, 0.3) is 11.8 Å². The zero-order valence-electron chi connectivity index (χ0n) is 13.7. The molecule has 126 valence electrons. The zero-order valence-corrected chi connectivity index (χ0v) is 13.7. The molecule has 6 heteroatoms. The van der Waals surface area contributed by atoms with Crippen molar-refractivity contribution in [3.05, 3.63) is 65.2 Å². The number of aromatic nitrogens is 1. The fourth-order valence-corrected chi connectivity index (χ4v) is 1.98. The Bertz CT molecular complexity index is 716. The number of amides is 2. The van der Waals surface area contributed by atoms with Crippen LogP contribution in [0.3, 0.4) is 0 Å². The van der Waals surface area contributed by atoms with Crippen LogP contribution >= 0.6 is 0 Å². The van der Waals surface area contributed by atoms with Crippen molar-refractivity contribution in [1.82, 2.24) is 15.6 Å². The minimum absolute atomic E-state index is 0.0569. The molecule has 1 heterocycles. The van der Waals surface area contributed by atoms with Crippen LogP contribution in [0.15, 0.2) is 42.6 Å². The molecule has 2 amide bonds. The number of carbonyl (C=O) groups excluding carboxylic acids is 2. The van der Waals surface area contributed by atoms with Crippen molar-refractivity contribution in [2.24, 2.45) is 0 Å². The molecule has 2 aromatic rings. The van der Waals surface area contributed by atoms with E-state index in [-0.39, 0.29) is 30.0 Å². The molecule has 0 bridgehead atoms. The maximum atomic E-state index is 12.9. The average molecular weight is 329 g/mol. The molecule has 2 rings (SSSR count). The second-order valence-corrected chi connectivity index (χ2v) is 5.52. The fraction of sp³-hybridized carbons (Fsp3) is 0.278. The first kappa shape index (κ1) is 17.6. The van der Waals surface area contributed by atoms with Gasteiger partial charge in [-0.2, -0.15) is 0 Å². The van der Waals surface area contributed by atoms with Gasteiger partial charge in [-0.15, -0.1) is 0 Å². The lowest BCUT2D eigenvalue weighted by Gasteiger charge is -2.11. The van der Waals surface area contributed by atoms with E-state index in [1.807, 2.05) is 13.8 Å². The molecule has 5 nitrogen and oxygen atoms in total. The highest BCUT2D eigenvalue weighted by Gasteiger charge is 2.13. The first-order valence-corrected chi connectivity index (χ1v) is 7.79. The highest BCUT2D eigenvalue weighted by molar-refractivity contribution is 5.98. The Kier molecular flexibility index (Phi) is 6.01. The predicted molar refractivity (Wildman–Crippen MR) is 89.0 cm³/mol. The van der Waals surface area contributed by atoms with E-state index in [0.29, 0.717) is 5.56 Å². The summed E-state index contributed by atoms with van der Waals surface area (Å²) in [6.07, 6.45) is 2.25. The van der Waals surface area contributed by atoms with Crippen LogP contribution in [0, 0.1) is 5.82 Å². The van der Waals surface area contributed by atoms with E-state index < -0.39 is 5.91 Å². The van der Waals surface area contributed by atoms with E-state index in [1.165, 1.54) is 24.4 Å². The third kappa shape index (κ3) is 4.87. The molecule has 1 aromatic heterocycles. The lowest BCUT2D eigenvalue weighted by molar-refractivity contribution is 0.0939. The zero-order chi connectivity index (χ0) is 17.5. The summed E-state index contributed by atoms with van der Waals surface area (Å²) >= 11 is 0. The normalized spacial score (nSPS) is 11.6. The van der Waals surface area contributed by atoms with Crippen LogP contribution in [-0.2, 0) is 6.54 Å². The molecule has 1 atom stereocenters. The van der Waals surface area contributed by atoms with Gasteiger partial charge in [-0.25, -0.2) is 4.39 Å². The van der Waals surface area contributed by atoms with Gasteiger partial charge in [0.05, 0.1) is 0 Å². The molecule has 0 aliphatic rings. The minimum Gasteiger partial charge on any atom is -0.350 e. The predicted octanol–water partition coefficient (Wildman–Crippen LogP) is 2.68. The summed E-state index contributed by atoms with van der Waals surface area (Å²) in [7, 11) is 0. The number of hydrogen-bond acceptors (Lipinski definition) is 3. The van der Waals surface area contributed by atoms with Gasteiger partial charge in [-0.05, 0) is 43.2 Å². The van der Waals surface area contributed by atoms with Crippen molar-refractivity contribution in [2.75, 3.05) is 0 Å². The minimum atomic E-state index is -0.391. The molecule has 0 aliphatic heterocycles. The van der Waals surface area contributed by atoms with Gasteiger partial charge >= 0.3 is 0 Å². The quantitative estimate of drug-likeness (QED) is 0.856. The second kappa shape index (κ2) is 8.19. The van der Waals surface area contributed by atoms with Crippen LogP contribution < -0.4 is 10.6 Å². The monoisotopic (exact) mass is 329 g/mol. The fourth-order valence-electron chi connectivity index (χ4n) is 1.98. The highest BCUT2D eigenvalue weighted by Crippen LogP contribution is 2.05. The van der Waals surface area contributed by atoms with Crippen LogP contribution in [-0.4, -0.2) is 22.8 Å². The van der Waals surface area contributed by atoms with Crippen LogP contribution in [0.1, 0.15) is 46.7 Å². The number of rotatable bonds is 6. The summed E-state index contributed by atoms with van der Waals surface area (Å²) in [6, 6.07) is 8.94. The maximum Gasteiger partial charge on any atom is 0.270 e. The third-order valence-electron chi connectivity index (χ3n) is 3.61. The SMILES string of the molecule is CCC(C)NC(=O)c1ccnc(C(=O)NCc2ccc(F)cc2)c1. The van der Waals surface area contributed by atoms with Crippen LogP contribution in [0.5, 0.6) is 0 Å². The van der Waals surface area contributed by atoms with Gasteiger partial charge in [0.1, 0.15) is 11.5 Å². The molecule has 0 radical (unpaired) electrons. The van der Waals surface area contributed by atoms with E-state index in [1.54, 1.807) is 18.2 Å². The summed E-state index contributed by atoms with van der Waals surface area (Å²) in [5.41, 5.74) is 1.32. The molecule has 0 fully saturated rings. The van der Waals surface area contributed by atoms with Crippen molar-refractivity contribution in [3.63, 3.8) is 0 Å². The molecule has 1 aromatic carbocycles. The lowest BCUT2D eigenvalue weighted by Crippen LogP contribution is -2.32. The van der Waals surface area contributed by atoms with Crippen molar-refractivity contribution in [2.45, 2.75) is 32.9 Å². The van der Waals surface area contributed by atoms with E-state index in [2.05, 4.69) is 15.6 Å². The second-order valence-electron chi connectivity index (χ2n) is 5.52. The van der Waals surface area contributed by atoms with Crippen molar-refractivity contribution >= 4 is 11.8 Å². The molecule has 1 unspecified atom stereocenters. The van der Waals surface area contributed by atoms with E-state index in [0.717, 1.165) is 12.0 Å². The number of nitrogens with zero attached hydrogens (tertiary/aromatic N) is 1. The van der Waals surface area contributed by atoms with Crippen molar-refractivity contribution in [1.29, 1.82) is 0 Å². The number of halogens is 1. The summed E-state index contributed by atoms with van der Waals surface area (Å²) < 4.78 is 12.9. The first-order chi connectivity index (χ1) is 11.5. The van der Waals surface area contributed by atoms with E-state index in [9.17, 15) is 14.0 Å². The van der Waals surface area contributed by atoms with E-state index >= 15 is 0 Å². The Balaban J connectivity index is 2.00. The van der Waals surface area contributed by atoms with Gasteiger partial charge in [0.15, 0.2) is 0 Å². The van der Waals surface area contributed by atoms with Crippen LogP contribution in [0.25, 0.3) is 0 Å². The Hall–Kier alpha value is -2.76. The summed E-state index contributed by atoms with van der Waals surface area (Å²) in [4.78, 5) is 28.2. The van der Waals surface area contributed by atoms with Gasteiger partial charge in [0.2, 0.25) is 0 Å². The number of nitrogens with one attached hydrogen (secondary N) is 2. The maximum absolute atomic E-state index is 12.9. The number of benzene rings is 1. The molecular formula is C18H20FN3O2. The molecule has 2 N–H and O–H groups in total.